The van der Waals surface area contributed by atoms with E-state index in [-0.39, 0.29) is 0 Å². The SMILES string of the molecule is ClCCCCCN(Cc1cccs1)C1CC1. The maximum Gasteiger partial charge on any atom is 0.0330 e. The number of halogens is 1. The van der Waals surface area contributed by atoms with Gasteiger partial charge in [-0.2, -0.15) is 0 Å². The average Bonchev–Trinajstić information content (AvgIpc) is 3.02. The van der Waals surface area contributed by atoms with Gasteiger partial charge in [0.15, 0.2) is 0 Å². The predicted octanol–water partition coefficient (Wildman–Crippen LogP) is 4.12. The Labute approximate surface area is 107 Å². The Morgan fingerprint density at radius 3 is 2.81 bits per heavy atom. The zero-order chi connectivity index (χ0) is 11.2. The monoisotopic (exact) mass is 257 g/mol. The van der Waals surface area contributed by atoms with Crippen LogP contribution < -0.4 is 0 Å². The van der Waals surface area contributed by atoms with Gasteiger partial charge in [-0.15, -0.1) is 22.9 Å². The van der Waals surface area contributed by atoms with Crippen LogP contribution in [0.2, 0.25) is 0 Å². The second-order valence-corrected chi connectivity index (χ2v) is 5.94. The Bertz CT molecular complexity index is 282. The average molecular weight is 258 g/mol. The Balaban J connectivity index is 1.72. The third-order valence-corrected chi connectivity index (χ3v) is 4.21. The first-order valence-corrected chi connectivity index (χ1v) is 7.64. The van der Waals surface area contributed by atoms with Gasteiger partial charge in [-0.05, 0) is 43.7 Å². The summed E-state index contributed by atoms with van der Waals surface area (Å²) >= 11 is 7.57. The van der Waals surface area contributed by atoms with E-state index >= 15 is 0 Å². The van der Waals surface area contributed by atoms with E-state index in [1.54, 1.807) is 0 Å². The van der Waals surface area contributed by atoms with Gasteiger partial charge in [0.05, 0.1) is 0 Å². The zero-order valence-electron chi connectivity index (χ0n) is 9.70. The van der Waals surface area contributed by atoms with Crippen molar-refractivity contribution in [3.05, 3.63) is 22.4 Å². The molecular formula is C13H20ClNS. The topological polar surface area (TPSA) is 3.24 Å². The molecule has 1 aromatic rings. The molecule has 0 amide bonds. The van der Waals surface area contributed by atoms with Crippen LogP contribution in [0.25, 0.3) is 0 Å². The molecule has 0 aromatic carbocycles. The van der Waals surface area contributed by atoms with Crippen LogP contribution in [-0.4, -0.2) is 23.4 Å². The molecule has 16 heavy (non-hydrogen) atoms. The van der Waals surface area contributed by atoms with Crippen LogP contribution in [0.15, 0.2) is 17.5 Å². The Morgan fingerprint density at radius 1 is 1.31 bits per heavy atom. The highest BCUT2D eigenvalue weighted by Crippen LogP contribution is 2.29. The fourth-order valence-corrected chi connectivity index (χ4v) is 2.94. The van der Waals surface area contributed by atoms with Crippen molar-refractivity contribution in [3.63, 3.8) is 0 Å². The number of unbranched alkanes of at least 4 members (excludes halogenated alkanes) is 2. The third-order valence-electron chi connectivity index (χ3n) is 3.08. The van der Waals surface area contributed by atoms with Gasteiger partial charge in [-0.25, -0.2) is 0 Å². The van der Waals surface area contributed by atoms with Gasteiger partial charge >= 0.3 is 0 Å². The maximum atomic E-state index is 5.69. The second-order valence-electron chi connectivity index (χ2n) is 4.53. The van der Waals surface area contributed by atoms with Crippen molar-refractivity contribution in [3.8, 4) is 0 Å². The number of nitrogens with zero attached hydrogens (tertiary/aromatic N) is 1. The van der Waals surface area contributed by atoms with Crippen molar-refractivity contribution >= 4 is 22.9 Å². The van der Waals surface area contributed by atoms with Gasteiger partial charge in [0.2, 0.25) is 0 Å². The maximum absolute atomic E-state index is 5.69. The smallest absolute Gasteiger partial charge is 0.0330 e. The lowest BCUT2D eigenvalue weighted by molar-refractivity contribution is 0.251. The highest BCUT2D eigenvalue weighted by atomic mass is 35.5. The molecule has 0 spiro atoms. The van der Waals surface area contributed by atoms with E-state index in [1.165, 1.54) is 43.5 Å². The number of alkyl halides is 1. The molecule has 0 radical (unpaired) electrons. The molecule has 0 N–H and O–H groups in total. The van der Waals surface area contributed by atoms with Gasteiger partial charge in [0.25, 0.3) is 0 Å². The highest BCUT2D eigenvalue weighted by molar-refractivity contribution is 7.09. The molecule has 0 saturated heterocycles. The molecular weight excluding hydrogens is 238 g/mol. The summed E-state index contributed by atoms with van der Waals surface area (Å²) in [5.41, 5.74) is 0. The molecule has 1 heterocycles. The van der Waals surface area contributed by atoms with Gasteiger partial charge in [0.1, 0.15) is 0 Å². The summed E-state index contributed by atoms with van der Waals surface area (Å²) in [6.07, 6.45) is 6.55. The summed E-state index contributed by atoms with van der Waals surface area (Å²) in [6.45, 7) is 2.41. The van der Waals surface area contributed by atoms with Gasteiger partial charge < -0.3 is 0 Å². The first kappa shape index (κ1) is 12.4. The van der Waals surface area contributed by atoms with E-state index < -0.39 is 0 Å². The Kier molecular flexibility index (Phi) is 5.14. The molecule has 0 aliphatic heterocycles. The van der Waals surface area contributed by atoms with Gasteiger partial charge in [-0.1, -0.05) is 12.5 Å². The molecule has 1 nitrogen and oxygen atoms in total. The van der Waals surface area contributed by atoms with E-state index in [4.69, 9.17) is 11.6 Å². The number of thiophene rings is 1. The minimum atomic E-state index is 0.814. The molecule has 1 aromatic heterocycles. The molecule has 1 aliphatic rings. The Hall–Kier alpha value is -0.0500. The first-order chi connectivity index (χ1) is 7.90. The van der Waals surface area contributed by atoms with Crippen LogP contribution in [0, 0.1) is 0 Å². The van der Waals surface area contributed by atoms with Crippen molar-refractivity contribution in [1.82, 2.24) is 4.90 Å². The minimum Gasteiger partial charge on any atom is -0.295 e. The van der Waals surface area contributed by atoms with Crippen LogP contribution in [0.5, 0.6) is 0 Å². The van der Waals surface area contributed by atoms with E-state index in [2.05, 4.69) is 22.4 Å². The zero-order valence-corrected chi connectivity index (χ0v) is 11.3. The van der Waals surface area contributed by atoms with E-state index in [1.807, 2.05) is 11.3 Å². The van der Waals surface area contributed by atoms with E-state index in [0.29, 0.717) is 0 Å². The van der Waals surface area contributed by atoms with Crippen LogP contribution >= 0.6 is 22.9 Å². The summed E-state index contributed by atoms with van der Waals surface area (Å²) in [4.78, 5) is 4.16. The fourth-order valence-electron chi connectivity index (χ4n) is 2.02. The molecule has 1 fully saturated rings. The van der Waals surface area contributed by atoms with E-state index in [9.17, 15) is 0 Å². The second kappa shape index (κ2) is 6.63. The standard InChI is InChI=1S/C13H20ClNS/c14-8-2-1-3-9-15(12-6-7-12)11-13-5-4-10-16-13/h4-5,10,12H,1-3,6-9,11H2. The molecule has 1 saturated carbocycles. The molecule has 3 heteroatoms. The van der Waals surface area contributed by atoms with E-state index in [0.717, 1.165) is 18.5 Å². The van der Waals surface area contributed by atoms with Gasteiger partial charge in [-0.3, -0.25) is 4.90 Å². The van der Waals surface area contributed by atoms with Crippen LogP contribution in [-0.2, 0) is 6.54 Å². The van der Waals surface area contributed by atoms with Crippen LogP contribution in [0.4, 0.5) is 0 Å². The largest absolute Gasteiger partial charge is 0.295 e. The lowest BCUT2D eigenvalue weighted by Crippen LogP contribution is -2.26. The molecule has 90 valence electrons. The summed E-state index contributed by atoms with van der Waals surface area (Å²) in [7, 11) is 0. The Morgan fingerprint density at radius 2 is 2.19 bits per heavy atom. The summed E-state index contributed by atoms with van der Waals surface area (Å²) in [5, 5.41) is 2.17. The summed E-state index contributed by atoms with van der Waals surface area (Å²) in [5.74, 6) is 0.814. The van der Waals surface area contributed by atoms with Crippen LogP contribution in [0.3, 0.4) is 0 Å². The van der Waals surface area contributed by atoms with Crippen molar-refractivity contribution < 1.29 is 0 Å². The minimum absolute atomic E-state index is 0.814. The van der Waals surface area contributed by atoms with Crippen molar-refractivity contribution in [2.75, 3.05) is 12.4 Å². The third kappa shape index (κ3) is 4.08. The lowest BCUT2D eigenvalue weighted by atomic mass is 10.2. The lowest BCUT2D eigenvalue weighted by Gasteiger charge is -2.21. The molecule has 0 atom stereocenters. The quantitative estimate of drug-likeness (QED) is 0.500. The van der Waals surface area contributed by atoms with Gasteiger partial charge in [0, 0.05) is 23.3 Å². The predicted molar refractivity (Wildman–Crippen MR) is 72.3 cm³/mol. The highest BCUT2D eigenvalue weighted by Gasteiger charge is 2.28. The number of hydrogen-bond acceptors (Lipinski definition) is 2. The summed E-state index contributed by atoms with van der Waals surface area (Å²) < 4.78 is 0. The molecule has 0 unspecified atom stereocenters. The van der Waals surface area contributed by atoms with Crippen molar-refractivity contribution in [2.24, 2.45) is 0 Å². The number of rotatable bonds is 8. The molecule has 1 aliphatic carbocycles. The van der Waals surface area contributed by atoms with Crippen molar-refractivity contribution in [2.45, 2.75) is 44.7 Å². The fraction of sp³-hybridized carbons (Fsp3) is 0.692. The molecule has 0 bridgehead atoms. The summed E-state index contributed by atoms with van der Waals surface area (Å²) in [6, 6.07) is 5.27. The molecule has 2 rings (SSSR count). The normalized spacial score (nSPS) is 15.9. The van der Waals surface area contributed by atoms with Crippen LogP contribution in [0.1, 0.15) is 37.0 Å². The first-order valence-electron chi connectivity index (χ1n) is 6.22. The number of hydrogen-bond donors (Lipinski definition) is 0. The van der Waals surface area contributed by atoms with Crippen molar-refractivity contribution in [1.29, 1.82) is 0 Å².